The minimum atomic E-state index is -0.148. The van der Waals surface area contributed by atoms with E-state index in [1.54, 1.807) is 32.4 Å². The third kappa shape index (κ3) is 5.83. The molecule has 5 nitrogen and oxygen atoms in total. The second-order valence-electron chi connectivity index (χ2n) is 5.28. The molecule has 0 fully saturated rings. The van der Waals surface area contributed by atoms with Gasteiger partial charge in [-0.3, -0.25) is 4.79 Å². The van der Waals surface area contributed by atoms with E-state index in [4.69, 9.17) is 14.2 Å². The Kier molecular flexibility index (Phi) is 6.95. The molecule has 0 aliphatic heterocycles. The van der Waals surface area contributed by atoms with Crippen molar-refractivity contribution >= 4 is 5.91 Å². The highest BCUT2D eigenvalue weighted by Crippen LogP contribution is 2.27. The van der Waals surface area contributed by atoms with E-state index in [0.717, 1.165) is 12.8 Å². The fourth-order valence-corrected chi connectivity index (χ4v) is 2.23. The Balaban J connectivity index is 1.71. The fourth-order valence-electron chi connectivity index (χ4n) is 2.23. The Morgan fingerprint density at radius 2 is 1.58 bits per heavy atom. The maximum atomic E-state index is 11.8. The van der Waals surface area contributed by atoms with Crippen molar-refractivity contribution in [3.05, 3.63) is 54.1 Å². The lowest BCUT2D eigenvalue weighted by Gasteiger charge is -2.10. The van der Waals surface area contributed by atoms with Crippen LogP contribution in [-0.2, 0) is 11.2 Å². The highest BCUT2D eigenvalue weighted by molar-refractivity contribution is 5.77. The van der Waals surface area contributed by atoms with Gasteiger partial charge in [0, 0.05) is 24.7 Å². The molecule has 0 radical (unpaired) electrons. The number of methoxy groups -OCH3 is 2. The topological polar surface area (TPSA) is 56.8 Å². The van der Waals surface area contributed by atoms with Gasteiger partial charge in [0.2, 0.25) is 0 Å². The molecule has 0 atom stereocenters. The minimum Gasteiger partial charge on any atom is -0.496 e. The highest BCUT2D eigenvalue weighted by atomic mass is 16.5. The van der Waals surface area contributed by atoms with Crippen LogP contribution in [0.2, 0.25) is 0 Å². The lowest BCUT2D eigenvalue weighted by atomic mass is 10.1. The molecular formula is C19H23NO4. The van der Waals surface area contributed by atoms with Gasteiger partial charge in [0.25, 0.3) is 5.91 Å². The van der Waals surface area contributed by atoms with E-state index in [2.05, 4.69) is 17.4 Å². The lowest BCUT2D eigenvalue weighted by molar-refractivity contribution is -0.123. The van der Waals surface area contributed by atoms with Crippen LogP contribution in [0.3, 0.4) is 0 Å². The molecule has 24 heavy (non-hydrogen) atoms. The Hall–Kier alpha value is -2.69. The van der Waals surface area contributed by atoms with Crippen LogP contribution >= 0.6 is 0 Å². The van der Waals surface area contributed by atoms with Crippen LogP contribution in [0.1, 0.15) is 12.0 Å². The second-order valence-corrected chi connectivity index (χ2v) is 5.28. The monoisotopic (exact) mass is 329 g/mol. The summed E-state index contributed by atoms with van der Waals surface area (Å²) < 4.78 is 15.8. The standard InChI is InChI=1S/C19H23NO4/c1-22-16-11-17(23-2)13-18(12-16)24-14-19(21)20-10-6-9-15-7-4-3-5-8-15/h3-5,7-8,11-13H,6,9-10,14H2,1-2H3,(H,20,21). The molecule has 0 aliphatic carbocycles. The van der Waals surface area contributed by atoms with Crippen molar-refractivity contribution in [3.63, 3.8) is 0 Å². The predicted octanol–water partition coefficient (Wildman–Crippen LogP) is 2.83. The van der Waals surface area contributed by atoms with Gasteiger partial charge in [-0.15, -0.1) is 0 Å². The number of aryl methyl sites for hydroxylation is 1. The third-order valence-electron chi connectivity index (χ3n) is 3.50. The number of carbonyl (C=O) groups excluding carboxylic acids is 1. The zero-order valence-electron chi connectivity index (χ0n) is 14.1. The molecular weight excluding hydrogens is 306 g/mol. The van der Waals surface area contributed by atoms with Gasteiger partial charge in [0.15, 0.2) is 6.61 Å². The van der Waals surface area contributed by atoms with Crippen LogP contribution in [0.5, 0.6) is 17.2 Å². The van der Waals surface area contributed by atoms with Gasteiger partial charge in [0.1, 0.15) is 17.2 Å². The smallest absolute Gasteiger partial charge is 0.257 e. The average Bonchev–Trinajstić information content (AvgIpc) is 2.64. The molecule has 0 unspecified atom stereocenters. The van der Waals surface area contributed by atoms with Crippen LogP contribution in [0.4, 0.5) is 0 Å². The number of carbonyl (C=O) groups is 1. The van der Waals surface area contributed by atoms with Crippen molar-refractivity contribution in [2.75, 3.05) is 27.4 Å². The molecule has 0 saturated heterocycles. The average molecular weight is 329 g/mol. The number of ether oxygens (including phenoxy) is 3. The summed E-state index contributed by atoms with van der Waals surface area (Å²) in [5, 5.41) is 2.85. The van der Waals surface area contributed by atoms with E-state index in [0.29, 0.717) is 23.8 Å². The number of benzene rings is 2. The van der Waals surface area contributed by atoms with Crippen molar-refractivity contribution in [1.29, 1.82) is 0 Å². The summed E-state index contributed by atoms with van der Waals surface area (Å²) in [5.41, 5.74) is 1.27. The molecule has 5 heteroatoms. The quantitative estimate of drug-likeness (QED) is 0.719. The van der Waals surface area contributed by atoms with Crippen LogP contribution in [0.25, 0.3) is 0 Å². The maximum Gasteiger partial charge on any atom is 0.257 e. The zero-order chi connectivity index (χ0) is 17.2. The van der Waals surface area contributed by atoms with Gasteiger partial charge in [-0.2, -0.15) is 0 Å². The van der Waals surface area contributed by atoms with Crippen LogP contribution in [0, 0.1) is 0 Å². The first-order chi connectivity index (χ1) is 11.7. The van der Waals surface area contributed by atoms with Gasteiger partial charge >= 0.3 is 0 Å². The summed E-state index contributed by atoms with van der Waals surface area (Å²) in [4.78, 5) is 11.8. The highest BCUT2D eigenvalue weighted by Gasteiger charge is 2.06. The van der Waals surface area contributed by atoms with Crippen molar-refractivity contribution in [1.82, 2.24) is 5.32 Å². The molecule has 128 valence electrons. The number of nitrogens with one attached hydrogen (secondary N) is 1. The molecule has 0 heterocycles. The van der Waals surface area contributed by atoms with Crippen LogP contribution in [-0.4, -0.2) is 33.3 Å². The molecule has 0 bridgehead atoms. The van der Waals surface area contributed by atoms with Gasteiger partial charge in [-0.05, 0) is 18.4 Å². The van der Waals surface area contributed by atoms with Crippen molar-refractivity contribution in [2.24, 2.45) is 0 Å². The first-order valence-corrected chi connectivity index (χ1v) is 7.88. The summed E-state index contributed by atoms with van der Waals surface area (Å²) in [7, 11) is 3.13. The summed E-state index contributed by atoms with van der Waals surface area (Å²) in [6.45, 7) is 0.584. The fraction of sp³-hybridized carbons (Fsp3) is 0.316. The zero-order valence-corrected chi connectivity index (χ0v) is 14.1. The number of hydrogen-bond acceptors (Lipinski definition) is 4. The summed E-state index contributed by atoms with van der Waals surface area (Å²) >= 11 is 0. The van der Waals surface area contributed by atoms with Crippen molar-refractivity contribution in [2.45, 2.75) is 12.8 Å². The van der Waals surface area contributed by atoms with E-state index in [-0.39, 0.29) is 12.5 Å². The Morgan fingerprint density at radius 3 is 2.21 bits per heavy atom. The molecule has 0 aromatic heterocycles. The Morgan fingerprint density at radius 1 is 0.958 bits per heavy atom. The van der Waals surface area contributed by atoms with E-state index >= 15 is 0 Å². The Bertz CT molecular complexity index is 621. The molecule has 0 saturated carbocycles. The SMILES string of the molecule is COc1cc(OC)cc(OCC(=O)NCCCc2ccccc2)c1. The van der Waals surface area contributed by atoms with Crippen LogP contribution < -0.4 is 19.5 Å². The molecule has 0 aliphatic rings. The van der Waals surface area contributed by atoms with E-state index in [9.17, 15) is 4.79 Å². The van der Waals surface area contributed by atoms with Crippen LogP contribution in [0.15, 0.2) is 48.5 Å². The Labute approximate surface area is 142 Å². The second kappa shape index (κ2) is 9.45. The molecule has 2 aromatic carbocycles. The van der Waals surface area contributed by atoms with Gasteiger partial charge in [-0.1, -0.05) is 30.3 Å². The largest absolute Gasteiger partial charge is 0.496 e. The van der Waals surface area contributed by atoms with Gasteiger partial charge in [-0.25, -0.2) is 0 Å². The van der Waals surface area contributed by atoms with Gasteiger partial charge in [0.05, 0.1) is 14.2 Å². The molecule has 2 rings (SSSR count). The molecule has 1 N–H and O–H groups in total. The first-order valence-electron chi connectivity index (χ1n) is 7.88. The molecule has 1 amide bonds. The van der Waals surface area contributed by atoms with Gasteiger partial charge < -0.3 is 19.5 Å². The van der Waals surface area contributed by atoms with E-state index in [1.807, 2.05) is 18.2 Å². The third-order valence-corrected chi connectivity index (χ3v) is 3.50. The van der Waals surface area contributed by atoms with E-state index in [1.165, 1.54) is 5.56 Å². The molecule has 2 aromatic rings. The number of amides is 1. The minimum absolute atomic E-state index is 0.0400. The first kappa shape index (κ1) is 17.7. The molecule has 0 spiro atoms. The number of hydrogen-bond donors (Lipinski definition) is 1. The maximum absolute atomic E-state index is 11.8. The van der Waals surface area contributed by atoms with Crippen molar-refractivity contribution < 1.29 is 19.0 Å². The normalized spacial score (nSPS) is 10.1. The lowest BCUT2D eigenvalue weighted by Crippen LogP contribution is -2.29. The predicted molar refractivity (Wildman–Crippen MR) is 92.8 cm³/mol. The van der Waals surface area contributed by atoms with Crippen molar-refractivity contribution in [3.8, 4) is 17.2 Å². The van der Waals surface area contributed by atoms with E-state index < -0.39 is 0 Å². The number of rotatable bonds is 9. The summed E-state index contributed by atoms with van der Waals surface area (Å²) in [6.07, 6.45) is 1.83. The summed E-state index contributed by atoms with van der Waals surface area (Å²) in [5.74, 6) is 1.62. The summed E-state index contributed by atoms with van der Waals surface area (Å²) in [6, 6.07) is 15.4.